The van der Waals surface area contributed by atoms with Crippen molar-refractivity contribution in [2.45, 2.75) is 44.3 Å². The van der Waals surface area contributed by atoms with Crippen LogP contribution in [0.25, 0.3) is 11.0 Å². The predicted octanol–water partition coefficient (Wildman–Crippen LogP) is 4.40. The van der Waals surface area contributed by atoms with Crippen molar-refractivity contribution in [3.63, 3.8) is 0 Å². The minimum absolute atomic E-state index is 0.0181. The van der Waals surface area contributed by atoms with Crippen LogP contribution in [0.15, 0.2) is 42.7 Å². The lowest BCUT2D eigenvalue weighted by Gasteiger charge is -2.21. The van der Waals surface area contributed by atoms with Crippen molar-refractivity contribution in [2.75, 3.05) is 24.5 Å². The zero-order valence-corrected chi connectivity index (χ0v) is 19.5. The largest absolute Gasteiger partial charge is 0.369 e. The van der Waals surface area contributed by atoms with Gasteiger partial charge in [0.05, 0.1) is 29.4 Å². The lowest BCUT2D eigenvalue weighted by atomic mass is 10.1. The first-order valence-electron chi connectivity index (χ1n) is 11.2. The van der Waals surface area contributed by atoms with Gasteiger partial charge < -0.3 is 20.1 Å². The van der Waals surface area contributed by atoms with E-state index in [9.17, 15) is 4.79 Å². The summed E-state index contributed by atoms with van der Waals surface area (Å²) in [5.41, 5.74) is 4.15. The number of anilines is 1. The van der Waals surface area contributed by atoms with Crippen molar-refractivity contribution in [3.8, 4) is 0 Å². The monoisotopic (exact) mass is 471 g/mol. The van der Waals surface area contributed by atoms with Crippen LogP contribution in [0.1, 0.15) is 37.8 Å². The first-order valence-corrected chi connectivity index (χ1v) is 12.0. The van der Waals surface area contributed by atoms with Gasteiger partial charge in [0.2, 0.25) is 5.91 Å². The first kappa shape index (κ1) is 21.6. The van der Waals surface area contributed by atoms with E-state index in [1.54, 1.807) is 6.07 Å². The lowest BCUT2D eigenvalue weighted by molar-refractivity contribution is -0.123. The summed E-state index contributed by atoms with van der Waals surface area (Å²) in [6.45, 7) is 4.78. The number of carbonyl (C=O) groups excluding carboxylic acids is 1. The Labute approximate surface area is 197 Å². The van der Waals surface area contributed by atoms with Crippen molar-refractivity contribution in [1.29, 1.82) is 0 Å². The number of benzene rings is 2. The highest BCUT2D eigenvalue weighted by Crippen LogP contribution is 2.32. The molecule has 1 aromatic heterocycles. The fourth-order valence-electron chi connectivity index (χ4n) is 4.83. The van der Waals surface area contributed by atoms with Crippen molar-refractivity contribution in [1.82, 2.24) is 20.2 Å². The van der Waals surface area contributed by atoms with Crippen LogP contribution in [0.3, 0.4) is 0 Å². The summed E-state index contributed by atoms with van der Waals surface area (Å²) in [6.07, 6.45) is 4.82. The van der Waals surface area contributed by atoms with Crippen LogP contribution in [0.4, 0.5) is 5.69 Å². The second kappa shape index (κ2) is 8.93. The SMILES string of the molecule is CC(c1ccc(Cl)cc1Cl)n1cnc2ccc(N3CCC(NC(=O)[C@H]4CCCN4)C3)cc21. The smallest absolute Gasteiger partial charge is 0.237 e. The molecule has 32 heavy (non-hydrogen) atoms. The molecule has 2 aliphatic rings. The van der Waals surface area contributed by atoms with Gasteiger partial charge in [-0.15, -0.1) is 0 Å². The van der Waals surface area contributed by atoms with Gasteiger partial charge in [0.1, 0.15) is 0 Å². The maximum atomic E-state index is 12.5. The number of rotatable bonds is 5. The van der Waals surface area contributed by atoms with Crippen LogP contribution >= 0.6 is 23.2 Å². The van der Waals surface area contributed by atoms with Crippen molar-refractivity contribution < 1.29 is 4.79 Å². The summed E-state index contributed by atoms with van der Waals surface area (Å²) in [4.78, 5) is 19.4. The summed E-state index contributed by atoms with van der Waals surface area (Å²) in [5.74, 6) is 0.136. The highest BCUT2D eigenvalue weighted by Gasteiger charge is 2.28. The molecule has 0 aliphatic carbocycles. The molecular formula is C24H27Cl2N5O. The number of nitrogens with zero attached hydrogens (tertiary/aromatic N) is 3. The molecule has 3 aromatic rings. The molecule has 8 heteroatoms. The van der Waals surface area contributed by atoms with E-state index < -0.39 is 0 Å². The molecule has 2 aromatic carbocycles. The fourth-order valence-corrected chi connectivity index (χ4v) is 5.40. The van der Waals surface area contributed by atoms with Gasteiger partial charge in [0.25, 0.3) is 0 Å². The Morgan fingerprint density at radius 1 is 1.22 bits per heavy atom. The van der Waals surface area contributed by atoms with Crippen molar-refractivity contribution in [2.24, 2.45) is 0 Å². The Morgan fingerprint density at radius 2 is 2.09 bits per heavy atom. The van der Waals surface area contributed by atoms with Gasteiger partial charge in [-0.05, 0) is 68.6 Å². The summed E-state index contributed by atoms with van der Waals surface area (Å²) < 4.78 is 2.15. The molecule has 0 radical (unpaired) electrons. The number of hydrogen-bond acceptors (Lipinski definition) is 4. The van der Waals surface area contributed by atoms with E-state index in [0.29, 0.717) is 10.0 Å². The third-order valence-electron chi connectivity index (χ3n) is 6.66. The van der Waals surface area contributed by atoms with Gasteiger partial charge in [-0.3, -0.25) is 4.79 Å². The first-order chi connectivity index (χ1) is 15.5. The minimum Gasteiger partial charge on any atom is -0.369 e. The molecule has 2 unspecified atom stereocenters. The Bertz CT molecular complexity index is 1140. The molecule has 2 fully saturated rings. The van der Waals surface area contributed by atoms with E-state index in [-0.39, 0.29) is 24.0 Å². The van der Waals surface area contributed by atoms with Gasteiger partial charge in [-0.25, -0.2) is 4.98 Å². The number of fused-ring (bicyclic) bond motifs is 1. The van der Waals surface area contributed by atoms with Gasteiger partial charge in [0, 0.05) is 34.9 Å². The maximum Gasteiger partial charge on any atom is 0.237 e. The molecule has 0 spiro atoms. The Kier molecular flexibility index (Phi) is 6.01. The second-order valence-corrected chi connectivity index (χ2v) is 9.60. The number of halogens is 2. The predicted molar refractivity (Wildman–Crippen MR) is 130 cm³/mol. The van der Waals surface area contributed by atoms with Gasteiger partial charge in [-0.2, -0.15) is 0 Å². The van der Waals surface area contributed by atoms with Crippen molar-refractivity contribution in [3.05, 3.63) is 58.3 Å². The average Bonchev–Trinajstić information content (AvgIpc) is 3.53. The summed E-state index contributed by atoms with van der Waals surface area (Å²) >= 11 is 12.5. The van der Waals surface area contributed by atoms with Crippen LogP contribution in [0.2, 0.25) is 10.0 Å². The minimum atomic E-state index is -0.0315. The molecule has 6 nitrogen and oxygen atoms in total. The highest BCUT2D eigenvalue weighted by atomic mass is 35.5. The Morgan fingerprint density at radius 3 is 2.88 bits per heavy atom. The van der Waals surface area contributed by atoms with Gasteiger partial charge in [-0.1, -0.05) is 29.3 Å². The maximum absolute atomic E-state index is 12.5. The van der Waals surface area contributed by atoms with Crippen LogP contribution in [0.5, 0.6) is 0 Å². The van der Waals surface area contributed by atoms with Crippen LogP contribution in [-0.4, -0.2) is 47.2 Å². The topological polar surface area (TPSA) is 62.2 Å². The Balaban J connectivity index is 1.34. The Hall–Kier alpha value is -2.28. The summed E-state index contributed by atoms with van der Waals surface area (Å²) in [6, 6.07) is 12.1. The third-order valence-corrected chi connectivity index (χ3v) is 7.23. The number of nitrogens with one attached hydrogen (secondary N) is 2. The lowest BCUT2D eigenvalue weighted by Crippen LogP contribution is -2.46. The zero-order chi connectivity index (χ0) is 22.2. The normalized spacial score (nSPS) is 21.9. The van der Waals surface area contributed by atoms with Gasteiger partial charge in [0.15, 0.2) is 0 Å². The van der Waals surface area contributed by atoms with Crippen molar-refractivity contribution >= 4 is 45.8 Å². The molecule has 5 rings (SSSR count). The molecule has 2 N–H and O–H groups in total. The standard InChI is InChI=1S/C24H27Cl2N5O/c1-15(19-6-4-16(25)11-20(19)26)31-14-28-21-7-5-18(12-23(21)31)30-10-8-17(13-30)29-24(32)22-3-2-9-27-22/h4-7,11-12,14-15,17,22,27H,2-3,8-10,13H2,1H3,(H,29,32)/t15?,17?,22-/m1/s1. The molecule has 3 heterocycles. The van der Waals surface area contributed by atoms with Crippen LogP contribution < -0.4 is 15.5 Å². The quantitative estimate of drug-likeness (QED) is 0.578. The molecule has 2 aliphatic heterocycles. The van der Waals surface area contributed by atoms with Crippen LogP contribution in [-0.2, 0) is 4.79 Å². The molecule has 0 saturated carbocycles. The highest BCUT2D eigenvalue weighted by molar-refractivity contribution is 6.35. The third kappa shape index (κ3) is 4.19. The summed E-state index contributed by atoms with van der Waals surface area (Å²) in [5, 5.41) is 7.78. The molecular weight excluding hydrogens is 445 g/mol. The number of aromatic nitrogens is 2. The van der Waals surface area contributed by atoms with Crippen LogP contribution in [0, 0.1) is 0 Å². The van der Waals surface area contributed by atoms with E-state index in [4.69, 9.17) is 23.2 Å². The van der Waals surface area contributed by atoms with E-state index in [2.05, 4.69) is 50.2 Å². The number of amides is 1. The number of imidazole rings is 1. The van der Waals surface area contributed by atoms with E-state index in [0.717, 1.165) is 61.2 Å². The van der Waals surface area contributed by atoms with E-state index >= 15 is 0 Å². The average molecular weight is 472 g/mol. The van der Waals surface area contributed by atoms with E-state index in [1.807, 2.05) is 18.5 Å². The molecule has 1 amide bonds. The molecule has 0 bridgehead atoms. The zero-order valence-electron chi connectivity index (χ0n) is 18.0. The molecule has 2 saturated heterocycles. The summed E-state index contributed by atoms with van der Waals surface area (Å²) in [7, 11) is 0. The number of hydrogen-bond donors (Lipinski definition) is 2. The molecule has 168 valence electrons. The molecule has 3 atom stereocenters. The van der Waals surface area contributed by atoms with E-state index in [1.165, 1.54) is 0 Å². The fraction of sp³-hybridized carbons (Fsp3) is 0.417. The number of carbonyl (C=O) groups is 1. The second-order valence-electron chi connectivity index (χ2n) is 8.76. The van der Waals surface area contributed by atoms with Gasteiger partial charge >= 0.3 is 0 Å².